The summed E-state index contributed by atoms with van der Waals surface area (Å²) in [4.78, 5) is 20.8. The maximum Gasteiger partial charge on any atom is 0.259 e. The standard InChI is InChI=1S/C26H29N3O4S/c1-5-11-28(15-18-12-22(31-2)25(33-4)23(13-18)32-3)16-20-14-24(30)29-21(17-34-26(29)27-20)19-9-7-6-8-10-19/h6-10,12-14,17H,5,11,15-16H2,1-4H3. The van der Waals surface area contributed by atoms with Gasteiger partial charge >= 0.3 is 0 Å². The summed E-state index contributed by atoms with van der Waals surface area (Å²) in [7, 11) is 4.82. The predicted molar refractivity (Wildman–Crippen MR) is 135 cm³/mol. The molecule has 0 aliphatic heterocycles. The molecule has 0 atom stereocenters. The van der Waals surface area contributed by atoms with Crippen LogP contribution in [0.4, 0.5) is 0 Å². The highest BCUT2D eigenvalue weighted by molar-refractivity contribution is 7.15. The fraction of sp³-hybridized carbons (Fsp3) is 0.308. The third-order valence-corrected chi connectivity index (χ3v) is 6.41. The highest BCUT2D eigenvalue weighted by Crippen LogP contribution is 2.38. The van der Waals surface area contributed by atoms with Gasteiger partial charge in [-0.25, -0.2) is 4.98 Å². The quantitative estimate of drug-likeness (QED) is 0.324. The minimum atomic E-state index is -0.0654. The van der Waals surface area contributed by atoms with Crippen molar-refractivity contribution in [1.82, 2.24) is 14.3 Å². The van der Waals surface area contributed by atoms with E-state index >= 15 is 0 Å². The van der Waals surface area contributed by atoms with E-state index in [0.717, 1.165) is 35.5 Å². The molecule has 0 amide bonds. The van der Waals surface area contributed by atoms with E-state index in [2.05, 4.69) is 11.8 Å². The molecule has 2 aromatic carbocycles. The van der Waals surface area contributed by atoms with Crippen LogP contribution in [0.15, 0.2) is 58.7 Å². The highest BCUT2D eigenvalue weighted by atomic mass is 32.1. The Morgan fingerprint density at radius 3 is 2.29 bits per heavy atom. The number of fused-ring (bicyclic) bond motifs is 1. The fourth-order valence-corrected chi connectivity index (χ4v) is 5.02. The van der Waals surface area contributed by atoms with Gasteiger partial charge in [0.1, 0.15) is 0 Å². The van der Waals surface area contributed by atoms with E-state index in [1.165, 1.54) is 11.3 Å². The number of thiazole rings is 1. The van der Waals surface area contributed by atoms with Crippen molar-refractivity contribution in [1.29, 1.82) is 0 Å². The van der Waals surface area contributed by atoms with Crippen LogP contribution in [0.25, 0.3) is 16.2 Å². The van der Waals surface area contributed by atoms with Crippen LogP contribution in [0.2, 0.25) is 0 Å². The van der Waals surface area contributed by atoms with Gasteiger partial charge in [0.15, 0.2) is 16.5 Å². The van der Waals surface area contributed by atoms with E-state index in [1.54, 1.807) is 31.8 Å². The third kappa shape index (κ3) is 4.93. The molecule has 0 saturated carbocycles. The molecule has 4 aromatic rings. The Morgan fingerprint density at radius 2 is 1.68 bits per heavy atom. The average Bonchev–Trinajstić information content (AvgIpc) is 3.28. The topological polar surface area (TPSA) is 65.3 Å². The minimum Gasteiger partial charge on any atom is -0.493 e. The first kappa shape index (κ1) is 23.8. The summed E-state index contributed by atoms with van der Waals surface area (Å²) >= 11 is 1.48. The van der Waals surface area contributed by atoms with E-state index in [9.17, 15) is 4.79 Å². The molecule has 7 nitrogen and oxygen atoms in total. The number of hydrogen-bond acceptors (Lipinski definition) is 7. The Balaban J connectivity index is 1.62. The molecule has 0 bridgehead atoms. The Bertz CT molecular complexity index is 1290. The van der Waals surface area contributed by atoms with Gasteiger partial charge in [0, 0.05) is 24.5 Å². The zero-order chi connectivity index (χ0) is 24.1. The lowest BCUT2D eigenvalue weighted by atomic mass is 10.1. The van der Waals surface area contributed by atoms with Gasteiger partial charge in [0.05, 0.1) is 32.7 Å². The maximum atomic E-state index is 13.1. The lowest BCUT2D eigenvalue weighted by Crippen LogP contribution is -2.26. The Hall–Kier alpha value is -3.36. The number of methoxy groups -OCH3 is 3. The normalized spacial score (nSPS) is 11.2. The molecule has 2 aromatic heterocycles. The monoisotopic (exact) mass is 479 g/mol. The molecule has 0 fully saturated rings. The molecule has 8 heteroatoms. The van der Waals surface area contributed by atoms with Gasteiger partial charge in [0.25, 0.3) is 5.56 Å². The molecule has 0 aliphatic carbocycles. The minimum absolute atomic E-state index is 0.0654. The summed E-state index contributed by atoms with van der Waals surface area (Å²) in [6, 6.07) is 15.5. The smallest absolute Gasteiger partial charge is 0.259 e. The van der Waals surface area contributed by atoms with E-state index in [4.69, 9.17) is 19.2 Å². The van der Waals surface area contributed by atoms with Crippen molar-refractivity contribution < 1.29 is 14.2 Å². The number of nitrogens with zero attached hydrogens (tertiary/aromatic N) is 3. The van der Waals surface area contributed by atoms with Crippen LogP contribution in [0.3, 0.4) is 0 Å². The predicted octanol–water partition coefficient (Wildman–Crippen LogP) is 4.86. The number of aromatic nitrogens is 2. The molecule has 2 heterocycles. The molecule has 34 heavy (non-hydrogen) atoms. The average molecular weight is 480 g/mol. The zero-order valence-electron chi connectivity index (χ0n) is 19.9. The molecule has 178 valence electrons. The number of rotatable bonds is 10. The van der Waals surface area contributed by atoms with Crippen LogP contribution in [0.1, 0.15) is 24.6 Å². The van der Waals surface area contributed by atoms with Crippen molar-refractivity contribution >= 4 is 16.3 Å². The van der Waals surface area contributed by atoms with Crippen molar-refractivity contribution in [2.24, 2.45) is 0 Å². The fourth-order valence-electron chi connectivity index (χ4n) is 4.10. The van der Waals surface area contributed by atoms with Crippen molar-refractivity contribution in [2.75, 3.05) is 27.9 Å². The van der Waals surface area contributed by atoms with Crippen molar-refractivity contribution in [3.05, 3.63) is 75.5 Å². The van der Waals surface area contributed by atoms with E-state index in [1.807, 2.05) is 47.8 Å². The molecule has 0 unspecified atom stereocenters. The lowest BCUT2D eigenvalue weighted by molar-refractivity contribution is 0.252. The Morgan fingerprint density at radius 1 is 0.971 bits per heavy atom. The molecule has 0 saturated heterocycles. The van der Waals surface area contributed by atoms with Gasteiger partial charge in [0.2, 0.25) is 5.75 Å². The molecule has 0 N–H and O–H groups in total. The van der Waals surface area contributed by atoms with Gasteiger partial charge in [-0.2, -0.15) is 0 Å². The highest BCUT2D eigenvalue weighted by Gasteiger charge is 2.17. The summed E-state index contributed by atoms with van der Waals surface area (Å²) in [5, 5.41) is 1.99. The van der Waals surface area contributed by atoms with Gasteiger partial charge < -0.3 is 14.2 Å². The summed E-state index contributed by atoms with van der Waals surface area (Å²) in [5.74, 6) is 1.82. The van der Waals surface area contributed by atoms with Crippen LogP contribution >= 0.6 is 11.3 Å². The molecule has 0 radical (unpaired) electrons. The third-order valence-electron chi connectivity index (χ3n) is 5.58. The number of benzene rings is 2. The van der Waals surface area contributed by atoms with E-state index in [-0.39, 0.29) is 5.56 Å². The molecule has 0 spiro atoms. The van der Waals surface area contributed by atoms with Crippen LogP contribution in [0.5, 0.6) is 17.2 Å². The Kier molecular flexibility index (Phi) is 7.49. The lowest BCUT2D eigenvalue weighted by Gasteiger charge is -2.22. The van der Waals surface area contributed by atoms with Gasteiger partial charge in [-0.05, 0) is 36.2 Å². The van der Waals surface area contributed by atoms with Gasteiger partial charge in [-0.15, -0.1) is 11.3 Å². The summed E-state index contributed by atoms with van der Waals surface area (Å²) in [6.45, 7) is 4.22. The first-order valence-electron chi connectivity index (χ1n) is 11.1. The number of hydrogen-bond donors (Lipinski definition) is 0. The molecular weight excluding hydrogens is 450 g/mol. The van der Waals surface area contributed by atoms with E-state index < -0.39 is 0 Å². The largest absolute Gasteiger partial charge is 0.493 e. The van der Waals surface area contributed by atoms with Crippen LogP contribution in [0, 0.1) is 0 Å². The van der Waals surface area contributed by atoms with Crippen LogP contribution in [-0.2, 0) is 13.1 Å². The summed E-state index contributed by atoms with van der Waals surface area (Å²) in [6.07, 6.45) is 0.975. The maximum absolute atomic E-state index is 13.1. The second kappa shape index (κ2) is 10.7. The first-order valence-corrected chi connectivity index (χ1v) is 12.0. The molecule has 0 aliphatic rings. The first-order chi connectivity index (χ1) is 16.6. The zero-order valence-corrected chi connectivity index (χ0v) is 20.7. The van der Waals surface area contributed by atoms with E-state index in [0.29, 0.717) is 35.3 Å². The van der Waals surface area contributed by atoms with Crippen molar-refractivity contribution in [3.63, 3.8) is 0 Å². The Labute approximate surface area is 203 Å². The molecular formula is C26H29N3O4S. The van der Waals surface area contributed by atoms with Gasteiger partial charge in [-0.1, -0.05) is 37.3 Å². The summed E-state index contributed by atoms with van der Waals surface area (Å²) in [5.41, 5.74) is 3.59. The van der Waals surface area contributed by atoms with Gasteiger partial charge in [-0.3, -0.25) is 14.1 Å². The molecule has 4 rings (SSSR count). The van der Waals surface area contributed by atoms with Crippen molar-refractivity contribution in [2.45, 2.75) is 26.4 Å². The number of ether oxygens (including phenoxy) is 3. The van der Waals surface area contributed by atoms with Crippen LogP contribution in [-0.4, -0.2) is 42.2 Å². The second-order valence-corrected chi connectivity index (χ2v) is 8.77. The van der Waals surface area contributed by atoms with Crippen molar-refractivity contribution in [3.8, 4) is 28.5 Å². The SMILES string of the molecule is CCCN(Cc1cc(OC)c(OC)c(OC)c1)Cc1cc(=O)n2c(-c3ccccc3)csc2n1. The summed E-state index contributed by atoms with van der Waals surface area (Å²) < 4.78 is 18.1. The van der Waals surface area contributed by atoms with Crippen LogP contribution < -0.4 is 19.8 Å². The second-order valence-electron chi connectivity index (χ2n) is 7.93.